The maximum absolute atomic E-state index is 12.5. The van der Waals surface area contributed by atoms with Gasteiger partial charge in [-0.25, -0.2) is 0 Å². The van der Waals surface area contributed by atoms with Crippen LogP contribution in [-0.2, 0) is 11.3 Å². The number of nitrogens with zero attached hydrogens (tertiary/aromatic N) is 3. The number of amides is 1. The molecule has 0 atom stereocenters. The molecular weight excluding hydrogens is 304 g/mol. The van der Waals surface area contributed by atoms with Crippen molar-refractivity contribution in [2.45, 2.75) is 27.3 Å². The van der Waals surface area contributed by atoms with Crippen LogP contribution >= 0.6 is 0 Å². The molecule has 0 fully saturated rings. The average molecular weight is 324 g/mol. The third-order valence-electron chi connectivity index (χ3n) is 3.93. The number of anilines is 1. The van der Waals surface area contributed by atoms with Gasteiger partial charge in [0.1, 0.15) is 17.8 Å². The van der Waals surface area contributed by atoms with Crippen molar-refractivity contribution in [1.82, 2.24) is 14.8 Å². The molecule has 6 heteroatoms. The van der Waals surface area contributed by atoms with Gasteiger partial charge in [0.05, 0.1) is 18.5 Å². The predicted octanol–water partition coefficient (Wildman–Crippen LogP) is 3.00. The van der Waals surface area contributed by atoms with Gasteiger partial charge in [0.2, 0.25) is 5.91 Å². The highest BCUT2D eigenvalue weighted by molar-refractivity contribution is 6.03. The Morgan fingerprint density at radius 1 is 1.29 bits per heavy atom. The molecule has 0 radical (unpaired) electrons. The first-order valence-electron chi connectivity index (χ1n) is 7.73. The lowest BCUT2D eigenvalue weighted by Gasteiger charge is -2.13. The minimum absolute atomic E-state index is 0.125. The van der Waals surface area contributed by atoms with E-state index in [4.69, 9.17) is 4.74 Å². The molecule has 0 bridgehead atoms. The molecule has 0 saturated heterocycles. The fourth-order valence-electron chi connectivity index (χ4n) is 2.78. The zero-order valence-corrected chi connectivity index (χ0v) is 14.3. The van der Waals surface area contributed by atoms with Gasteiger partial charge in [0.15, 0.2) is 0 Å². The average Bonchev–Trinajstić information content (AvgIpc) is 2.86. The van der Waals surface area contributed by atoms with Crippen LogP contribution in [0, 0.1) is 20.8 Å². The Morgan fingerprint density at radius 2 is 2.08 bits per heavy atom. The minimum atomic E-state index is -0.125. The van der Waals surface area contributed by atoms with Crippen molar-refractivity contribution in [2.75, 3.05) is 12.4 Å². The zero-order chi connectivity index (χ0) is 17.3. The van der Waals surface area contributed by atoms with Gasteiger partial charge >= 0.3 is 0 Å². The number of fused-ring (bicyclic) bond motifs is 1. The van der Waals surface area contributed by atoms with E-state index in [9.17, 15) is 4.79 Å². The topological polar surface area (TPSA) is 69.0 Å². The van der Waals surface area contributed by atoms with E-state index in [1.54, 1.807) is 18.0 Å². The number of aromatic nitrogens is 3. The molecule has 1 N–H and O–H groups in total. The molecule has 0 spiro atoms. The van der Waals surface area contributed by atoms with Crippen LogP contribution in [0.3, 0.4) is 0 Å². The van der Waals surface area contributed by atoms with Crippen LogP contribution in [-0.4, -0.2) is 27.8 Å². The Balaban J connectivity index is 1.93. The van der Waals surface area contributed by atoms with Gasteiger partial charge in [0, 0.05) is 17.3 Å². The molecule has 0 saturated carbocycles. The standard InChI is InChI=1S/C18H20N4O2/c1-11-9-19-18-14(6-5-7-15(18)24-4)17(11)20-16(23)10-22-13(3)8-12(2)21-22/h5-9H,10H2,1-4H3,(H,19,20,23). The summed E-state index contributed by atoms with van der Waals surface area (Å²) >= 11 is 0. The van der Waals surface area contributed by atoms with Gasteiger partial charge < -0.3 is 10.1 Å². The number of hydrogen-bond acceptors (Lipinski definition) is 4. The Bertz CT molecular complexity index is 915. The second kappa shape index (κ2) is 6.31. The Kier molecular flexibility index (Phi) is 4.20. The molecule has 3 aromatic rings. The Labute approximate surface area is 140 Å². The van der Waals surface area contributed by atoms with E-state index in [2.05, 4.69) is 15.4 Å². The molecule has 2 heterocycles. The van der Waals surface area contributed by atoms with E-state index in [0.717, 1.165) is 33.5 Å². The van der Waals surface area contributed by atoms with Crippen molar-refractivity contribution in [3.63, 3.8) is 0 Å². The Hall–Kier alpha value is -2.89. The predicted molar refractivity (Wildman–Crippen MR) is 93.4 cm³/mol. The zero-order valence-electron chi connectivity index (χ0n) is 14.3. The number of carbonyl (C=O) groups excluding carboxylic acids is 1. The quantitative estimate of drug-likeness (QED) is 0.801. The molecule has 0 aliphatic carbocycles. The fourth-order valence-corrected chi connectivity index (χ4v) is 2.78. The number of rotatable bonds is 4. The van der Waals surface area contributed by atoms with Crippen LogP contribution in [0.2, 0.25) is 0 Å². The normalized spacial score (nSPS) is 10.8. The second-order valence-corrected chi connectivity index (χ2v) is 5.81. The fraction of sp³-hybridized carbons (Fsp3) is 0.278. The lowest BCUT2D eigenvalue weighted by Crippen LogP contribution is -2.21. The molecular formula is C18H20N4O2. The maximum Gasteiger partial charge on any atom is 0.246 e. The molecule has 24 heavy (non-hydrogen) atoms. The van der Waals surface area contributed by atoms with Crippen molar-refractivity contribution < 1.29 is 9.53 Å². The van der Waals surface area contributed by atoms with Gasteiger partial charge in [0.25, 0.3) is 0 Å². The number of methoxy groups -OCH3 is 1. The first-order chi connectivity index (χ1) is 11.5. The maximum atomic E-state index is 12.5. The first kappa shape index (κ1) is 16.0. The van der Waals surface area contributed by atoms with Crippen molar-refractivity contribution in [2.24, 2.45) is 0 Å². The molecule has 0 aliphatic heterocycles. The molecule has 2 aromatic heterocycles. The summed E-state index contributed by atoms with van der Waals surface area (Å²) in [6.07, 6.45) is 1.74. The highest BCUT2D eigenvalue weighted by Crippen LogP contribution is 2.31. The summed E-state index contributed by atoms with van der Waals surface area (Å²) in [7, 11) is 1.61. The SMILES string of the molecule is COc1cccc2c(NC(=O)Cn3nc(C)cc3C)c(C)cnc12. The van der Waals surface area contributed by atoms with E-state index in [-0.39, 0.29) is 12.5 Å². The monoisotopic (exact) mass is 324 g/mol. The summed E-state index contributed by atoms with van der Waals surface area (Å²) in [5.74, 6) is 0.557. The highest BCUT2D eigenvalue weighted by Gasteiger charge is 2.13. The number of carbonyl (C=O) groups is 1. The lowest BCUT2D eigenvalue weighted by atomic mass is 10.1. The number of pyridine rings is 1. The van der Waals surface area contributed by atoms with Gasteiger partial charge in [-0.1, -0.05) is 12.1 Å². The third kappa shape index (κ3) is 2.95. The van der Waals surface area contributed by atoms with Crippen molar-refractivity contribution in [1.29, 1.82) is 0 Å². The van der Waals surface area contributed by atoms with Crippen LogP contribution in [0.5, 0.6) is 5.75 Å². The molecule has 1 amide bonds. The number of benzene rings is 1. The van der Waals surface area contributed by atoms with E-state index in [0.29, 0.717) is 5.75 Å². The summed E-state index contributed by atoms with van der Waals surface area (Å²) in [5, 5.41) is 8.18. The largest absolute Gasteiger partial charge is 0.494 e. The first-order valence-corrected chi connectivity index (χ1v) is 7.73. The Morgan fingerprint density at radius 3 is 2.75 bits per heavy atom. The van der Waals surface area contributed by atoms with Crippen LogP contribution in [0.15, 0.2) is 30.5 Å². The highest BCUT2D eigenvalue weighted by atomic mass is 16.5. The number of aryl methyl sites for hydroxylation is 3. The summed E-state index contributed by atoms with van der Waals surface area (Å²) in [6.45, 7) is 5.94. The van der Waals surface area contributed by atoms with Crippen molar-refractivity contribution >= 4 is 22.5 Å². The summed E-state index contributed by atoms with van der Waals surface area (Å²) < 4.78 is 7.05. The second-order valence-electron chi connectivity index (χ2n) is 5.81. The number of hydrogen-bond donors (Lipinski definition) is 1. The molecule has 124 valence electrons. The van der Waals surface area contributed by atoms with Gasteiger partial charge in [-0.2, -0.15) is 5.10 Å². The van der Waals surface area contributed by atoms with Gasteiger partial charge in [-0.3, -0.25) is 14.5 Å². The molecule has 0 unspecified atom stereocenters. The lowest BCUT2D eigenvalue weighted by molar-refractivity contribution is -0.116. The van der Waals surface area contributed by atoms with E-state index >= 15 is 0 Å². The van der Waals surface area contributed by atoms with Crippen molar-refractivity contribution in [3.05, 3.63) is 47.4 Å². The minimum Gasteiger partial charge on any atom is -0.494 e. The van der Waals surface area contributed by atoms with E-state index in [1.807, 2.05) is 45.0 Å². The molecule has 6 nitrogen and oxygen atoms in total. The van der Waals surface area contributed by atoms with Crippen LogP contribution in [0.4, 0.5) is 5.69 Å². The van der Waals surface area contributed by atoms with Gasteiger partial charge in [-0.15, -0.1) is 0 Å². The smallest absolute Gasteiger partial charge is 0.246 e. The summed E-state index contributed by atoms with van der Waals surface area (Å²) in [5.41, 5.74) is 4.24. The van der Waals surface area contributed by atoms with Crippen LogP contribution in [0.25, 0.3) is 10.9 Å². The molecule has 3 rings (SSSR count). The molecule has 1 aromatic carbocycles. The number of para-hydroxylation sites is 1. The van der Waals surface area contributed by atoms with Gasteiger partial charge in [-0.05, 0) is 38.5 Å². The number of nitrogens with one attached hydrogen (secondary N) is 1. The van der Waals surface area contributed by atoms with Crippen LogP contribution < -0.4 is 10.1 Å². The summed E-state index contributed by atoms with van der Waals surface area (Å²) in [6, 6.07) is 7.62. The van der Waals surface area contributed by atoms with Crippen LogP contribution in [0.1, 0.15) is 17.0 Å². The summed E-state index contributed by atoms with van der Waals surface area (Å²) in [4.78, 5) is 16.9. The number of ether oxygens (including phenoxy) is 1. The third-order valence-corrected chi connectivity index (χ3v) is 3.93. The van der Waals surface area contributed by atoms with Crippen molar-refractivity contribution in [3.8, 4) is 5.75 Å². The van der Waals surface area contributed by atoms with E-state index < -0.39 is 0 Å². The molecule has 0 aliphatic rings. The van der Waals surface area contributed by atoms with E-state index in [1.165, 1.54) is 0 Å².